The van der Waals surface area contributed by atoms with Gasteiger partial charge in [-0.3, -0.25) is 4.90 Å². The van der Waals surface area contributed by atoms with Gasteiger partial charge < -0.3 is 9.74 Å². The number of rotatable bonds is 6. The number of nitrogens with zero attached hydrogens (tertiary/aromatic N) is 4. The van der Waals surface area contributed by atoms with Gasteiger partial charge in [0.2, 0.25) is 0 Å². The lowest BCUT2D eigenvalue weighted by Gasteiger charge is -2.35. The number of oxime groups is 1. The Kier molecular flexibility index (Phi) is 6.12. The first kappa shape index (κ1) is 18.3. The molecule has 1 aromatic carbocycles. The van der Waals surface area contributed by atoms with Crippen LogP contribution in [0.4, 0.5) is 14.6 Å². The fraction of sp³-hybridized carbons (Fsp3) is 0.368. The van der Waals surface area contributed by atoms with Gasteiger partial charge in [0.05, 0.1) is 5.71 Å². The van der Waals surface area contributed by atoms with Crippen LogP contribution in [-0.4, -0.2) is 55.4 Å². The molecular formula is C19H22F2N4O. The number of hydrogen-bond donors (Lipinski definition) is 0. The Morgan fingerprint density at radius 2 is 1.85 bits per heavy atom. The van der Waals surface area contributed by atoms with Crippen molar-refractivity contribution in [3.8, 4) is 0 Å². The average molecular weight is 360 g/mol. The molecule has 0 spiro atoms. The zero-order valence-electron chi connectivity index (χ0n) is 14.7. The van der Waals surface area contributed by atoms with Crippen LogP contribution >= 0.6 is 0 Å². The highest BCUT2D eigenvalue weighted by atomic mass is 19.1. The van der Waals surface area contributed by atoms with Gasteiger partial charge in [-0.2, -0.15) is 0 Å². The van der Waals surface area contributed by atoms with E-state index in [-0.39, 0.29) is 0 Å². The normalized spacial score (nSPS) is 16.0. The molecule has 1 fully saturated rings. The summed E-state index contributed by atoms with van der Waals surface area (Å²) in [7, 11) is 1.43. The second-order valence-electron chi connectivity index (χ2n) is 6.15. The van der Waals surface area contributed by atoms with Crippen molar-refractivity contribution in [1.82, 2.24) is 9.88 Å². The van der Waals surface area contributed by atoms with E-state index in [0.29, 0.717) is 17.7 Å². The predicted octanol–water partition coefficient (Wildman–Crippen LogP) is 2.92. The van der Waals surface area contributed by atoms with Crippen LogP contribution in [0, 0.1) is 11.6 Å². The molecule has 1 aliphatic rings. The minimum absolute atomic E-state index is 0.413. The van der Waals surface area contributed by atoms with Gasteiger partial charge in [-0.25, -0.2) is 13.8 Å². The van der Waals surface area contributed by atoms with E-state index in [1.54, 1.807) is 6.20 Å². The Morgan fingerprint density at radius 3 is 2.46 bits per heavy atom. The molecule has 0 saturated carbocycles. The van der Waals surface area contributed by atoms with E-state index >= 15 is 0 Å². The van der Waals surface area contributed by atoms with Crippen molar-refractivity contribution in [2.45, 2.75) is 6.42 Å². The Labute approximate surface area is 151 Å². The second-order valence-corrected chi connectivity index (χ2v) is 6.15. The van der Waals surface area contributed by atoms with Crippen LogP contribution in [0.1, 0.15) is 12.0 Å². The van der Waals surface area contributed by atoms with Crippen LogP contribution in [-0.2, 0) is 4.84 Å². The summed E-state index contributed by atoms with van der Waals surface area (Å²) in [5, 5.41) is 3.96. The molecule has 0 unspecified atom stereocenters. The first-order chi connectivity index (χ1) is 12.7. The van der Waals surface area contributed by atoms with Gasteiger partial charge in [-0.05, 0) is 24.3 Å². The molecule has 0 radical (unpaired) electrons. The third kappa shape index (κ3) is 4.76. The van der Waals surface area contributed by atoms with Gasteiger partial charge in [-0.15, -0.1) is 0 Å². The molecule has 5 nitrogen and oxygen atoms in total. The van der Waals surface area contributed by atoms with E-state index in [1.165, 1.54) is 19.2 Å². The number of piperazine rings is 1. The summed E-state index contributed by atoms with van der Waals surface area (Å²) in [6.45, 7) is 4.32. The van der Waals surface area contributed by atoms with Crippen LogP contribution in [0.5, 0.6) is 0 Å². The lowest BCUT2D eigenvalue weighted by molar-refractivity contribution is 0.211. The zero-order valence-corrected chi connectivity index (χ0v) is 14.7. The molecule has 138 valence electrons. The van der Waals surface area contributed by atoms with Gasteiger partial charge in [0, 0.05) is 57.0 Å². The third-order valence-electron chi connectivity index (χ3n) is 4.41. The molecule has 0 aliphatic carbocycles. The van der Waals surface area contributed by atoms with Crippen molar-refractivity contribution in [2.75, 3.05) is 44.7 Å². The lowest BCUT2D eigenvalue weighted by Crippen LogP contribution is -2.47. The summed E-state index contributed by atoms with van der Waals surface area (Å²) in [4.78, 5) is 13.8. The van der Waals surface area contributed by atoms with Crippen LogP contribution in [0.25, 0.3) is 0 Å². The average Bonchev–Trinajstić information content (AvgIpc) is 2.65. The van der Waals surface area contributed by atoms with Crippen molar-refractivity contribution in [2.24, 2.45) is 5.16 Å². The molecule has 1 saturated heterocycles. The summed E-state index contributed by atoms with van der Waals surface area (Å²) in [5.41, 5.74) is 0.953. The molecular weight excluding hydrogens is 338 g/mol. The summed E-state index contributed by atoms with van der Waals surface area (Å²) in [6, 6.07) is 9.31. The fourth-order valence-corrected chi connectivity index (χ4v) is 3.08. The molecule has 0 bridgehead atoms. The van der Waals surface area contributed by atoms with E-state index in [4.69, 9.17) is 4.84 Å². The quantitative estimate of drug-likeness (QED) is 0.587. The SMILES string of the molecule is CO/N=C(/CCN1CCN(c2ccccn2)CC1)c1cc(F)cc(F)c1. The number of aromatic nitrogens is 1. The molecule has 0 amide bonds. The van der Waals surface area contributed by atoms with E-state index in [9.17, 15) is 8.78 Å². The third-order valence-corrected chi connectivity index (χ3v) is 4.41. The molecule has 2 aromatic rings. The highest BCUT2D eigenvalue weighted by Gasteiger charge is 2.18. The monoisotopic (exact) mass is 360 g/mol. The molecule has 3 rings (SSSR count). The number of benzene rings is 1. The molecule has 0 atom stereocenters. The van der Waals surface area contributed by atoms with Crippen molar-refractivity contribution >= 4 is 11.5 Å². The maximum atomic E-state index is 13.5. The Balaban J connectivity index is 1.56. The largest absolute Gasteiger partial charge is 0.399 e. The number of hydrogen-bond acceptors (Lipinski definition) is 5. The highest BCUT2D eigenvalue weighted by Crippen LogP contribution is 2.15. The van der Waals surface area contributed by atoms with Crippen molar-refractivity contribution in [3.05, 3.63) is 59.8 Å². The number of anilines is 1. The summed E-state index contributed by atoms with van der Waals surface area (Å²) >= 11 is 0. The van der Waals surface area contributed by atoms with Crippen LogP contribution in [0.15, 0.2) is 47.8 Å². The van der Waals surface area contributed by atoms with E-state index in [1.807, 2.05) is 18.2 Å². The van der Waals surface area contributed by atoms with Crippen LogP contribution in [0.3, 0.4) is 0 Å². The molecule has 1 aromatic heterocycles. The Bertz CT molecular complexity index is 726. The minimum atomic E-state index is -0.618. The van der Waals surface area contributed by atoms with Gasteiger partial charge >= 0.3 is 0 Å². The maximum Gasteiger partial charge on any atom is 0.128 e. The molecule has 26 heavy (non-hydrogen) atoms. The zero-order chi connectivity index (χ0) is 18.4. The van der Waals surface area contributed by atoms with E-state index in [0.717, 1.165) is 44.6 Å². The summed E-state index contributed by atoms with van der Waals surface area (Å²) < 4.78 is 26.9. The van der Waals surface area contributed by atoms with Gasteiger partial charge in [-0.1, -0.05) is 11.2 Å². The first-order valence-electron chi connectivity index (χ1n) is 8.60. The molecule has 2 heterocycles. The van der Waals surface area contributed by atoms with Crippen molar-refractivity contribution in [3.63, 3.8) is 0 Å². The molecule has 0 N–H and O–H groups in total. The Hall–Kier alpha value is -2.54. The van der Waals surface area contributed by atoms with Crippen LogP contribution in [0.2, 0.25) is 0 Å². The minimum Gasteiger partial charge on any atom is -0.399 e. The standard InChI is InChI=1S/C19H22F2N4O/c1-26-23-18(15-12-16(20)14-17(21)13-15)5-7-24-8-10-25(11-9-24)19-4-2-3-6-22-19/h2-4,6,12-14H,5,7-11H2,1H3/b23-18-. The van der Waals surface area contributed by atoms with Crippen molar-refractivity contribution < 1.29 is 13.6 Å². The smallest absolute Gasteiger partial charge is 0.128 e. The first-order valence-corrected chi connectivity index (χ1v) is 8.60. The van der Waals surface area contributed by atoms with E-state index in [2.05, 4.69) is 19.9 Å². The van der Waals surface area contributed by atoms with Gasteiger partial charge in [0.1, 0.15) is 24.6 Å². The topological polar surface area (TPSA) is 41.0 Å². The second kappa shape index (κ2) is 8.71. The van der Waals surface area contributed by atoms with Gasteiger partial charge in [0.25, 0.3) is 0 Å². The number of halogens is 2. The predicted molar refractivity (Wildman–Crippen MR) is 97.4 cm³/mol. The maximum absolute atomic E-state index is 13.5. The van der Waals surface area contributed by atoms with E-state index < -0.39 is 11.6 Å². The molecule has 1 aliphatic heterocycles. The summed E-state index contributed by atoms with van der Waals surface area (Å²) in [5.74, 6) is -0.246. The lowest BCUT2D eigenvalue weighted by atomic mass is 10.1. The molecule has 7 heteroatoms. The van der Waals surface area contributed by atoms with Crippen LogP contribution < -0.4 is 4.90 Å². The number of pyridine rings is 1. The summed E-state index contributed by atoms with van der Waals surface area (Å²) in [6.07, 6.45) is 2.35. The highest BCUT2D eigenvalue weighted by molar-refractivity contribution is 6.00. The fourth-order valence-electron chi connectivity index (χ4n) is 3.08. The van der Waals surface area contributed by atoms with Crippen molar-refractivity contribution in [1.29, 1.82) is 0 Å². The Morgan fingerprint density at radius 1 is 1.12 bits per heavy atom. The van der Waals surface area contributed by atoms with Gasteiger partial charge in [0.15, 0.2) is 0 Å².